The summed E-state index contributed by atoms with van der Waals surface area (Å²) in [5, 5.41) is 5.84. The molecule has 7 heteroatoms. The zero-order valence-electron chi connectivity index (χ0n) is 13.0. The number of allylic oxidation sites excluding steroid dienone is 1. The van der Waals surface area contributed by atoms with Crippen LogP contribution in [0.5, 0.6) is 0 Å². The molecular formula is C17H17F3N2O2. The fourth-order valence-corrected chi connectivity index (χ4v) is 2.97. The highest BCUT2D eigenvalue weighted by atomic mass is 19.4. The van der Waals surface area contributed by atoms with Crippen molar-refractivity contribution in [1.82, 2.24) is 10.6 Å². The molecule has 1 aromatic carbocycles. The molecule has 4 nitrogen and oxygen atoms in total. The van der Waals surface area contributed by atoms with Crippen molar-refractivity contribution < 1.29 is 22.7 Å². The quantitative estimate of drug-likeness (QED) is 0.890. The first-order valence-corrected chi connectivity index (χ1v) is 7.60. The van der Waals surface area contributed by atoms with E-state index in [0.717, 1.165) is 12.1 Å². The molecule has 2 heterocycles. The maximum absolute atomic E-state index is 12.9. The molecule has 0 radical (unpaired) electrons. The van der Waals surface area contributed by atoms with Crippen LogP contribution in [0.1, 0.15) is 17.5 Å². The predicted molar refractivity (Wildman–Crippen MR) is 82.6 cm³/mol. The first kappa shape index (κ1) is 16.4. The second kappa shape index (κ2) is 6.22. The summed E-state index contributed by atoms with van der Waals surface area (Å²) < 4.78 is 44.5. The predicted octanol–water partition coefficient (Wildman–Crippen LogP) is 2.68. The highest BCUT2D eigenvalue weighted by Crippen LogP contribution is 2.36. The molecule has 0 aromatic heterocycles. The minimum atomic E-state index is -4.46. The van der Waals surface area contributed by atoms with Gasteiger partial charge in [-0.1, -0.05) is 18.2 Å². The Bertz CT molecular complexity index is 710. The molecule has 24 heavy (non-hydrogen) atoms. The lowest BCUT2D eigenvalue weighted by Crippen LogP contribution is -2.36. The van der Waals surface area contributed by atoms with E-state index in [1.165, 1.54) is 12.1 Å². The Hall–Kier alpha value is -2.44. The summed E-state index contributed by atoms with van der Waals surface area (Å²) in [5.41, 5.74) is -0.411. The molecule has 0 aliphatic carbocycles. The smallest absolute Gasteiger partial charge is 0.416 e. The Kier molecular flexibility index (Phi) is 4.26. The lowest BCUT2D eigenvalue weighted by molar-refractivity contribution is -0.137. The van der Waals surface area contributed by atoms with E-state index in [1.54, 1.807) is 7.05 Å². The van der Waals surface area contributed by atoms with Crippen molar-refractivity contribution >= 4 is 11.4 Å². The molecule has 1 aromatic rings. The van der Waals surface area contributed by atoms with E-state index in [9.17, 15) is 18.0 Å². The Labute approximate surface area is 137 Å². The normalized spacial score (nSPS) is 23.9. The van der Waals surface area contributed by atoms with Gasteiger partial charge in [-0.25, -0.2) is 0 Å². The van der Waals surface area contributed by atoms with E-state index in [1.807, 2.05) is 12.3 Å². The number of carbonyl (C=O) groups is 1. The fraction of sp³-hybridized carbons (Fsp3) is 0.353. The summed E-state index contributed by atoms with van der Waals surface area (Å²) in [6.45, 7) is 0.583. The van der Waals surface area contributed by atoms with Gasteiger partial charge in [-0.15, -0.1) is 0 Å². The van der Waals surface area contributed by atoms with Crippen LogP contribution in [0.15, 0.2) is 42.4 Å². The van der Waals surface area contributed by atoms with Gasteiger partial charge in [-0.05, 0) is 30.3 Å². The zero-order valence-corrected chi connectivity index (χ0v) is 13.0. The van der Waals surface area contributed by atoms with Crippen LogP contribution >= 0.6 is 0 Å². The molecule has 128 valence electrons. The molecule has 2 atom stereocenters. The fourth-order valence-electron chi connectivity index (χ4n) is 2.97. The number of hydrogen-bond acceptors (Lipinski definition) is 4. The molecule has 2 aliphatic rings. The second-order valence-electron chi connectivity index (χ2n) is 5.74. The average Bonchev–Trinajstić information content (AvgIpc) is 2.91. The summed E-state index contributed by atoms with van der Waals surface area (Å²) in [7, 11) is 1.58. The third-order valence-electron chi connectivity index (χ3n) is 4.17. The van der Waals surface area contributed by atoms with Crippen LogP contribution in [-0.2, 0) is 15.7 Å². The molecule has 3 rings (SSSR count). The van der Waals surface area contributed by atoms with Crippen LogP contribution < -0.4 is 10.6 Å². The van der Waals surface area contributed by atoms with Crippen LogP contribution in [-0.4, -0.2) is 25.5 Å². The number of benzene rings is 1. The maximum atomic E-state index is 12.9. The minimum absolute atomic E-state index is 0.0610. The first-order chi connectivity index (χ1) is 11.4. The van der Waals surface area contributed by atoms with Gasteiger partial charge in [0.1, 0.15) is 0 Å². The van der Waals surface area contributed by atoms with Crippen molar-refractivity contribution in [2.24, 2.45) is 5.92 Å². The van der Waals surface area contributed by atoms with Crippen molar-refractivity contribution in [3.05, 3.63) is 53.6 Å². The van der Waals surface area contributed by atoms with Crippen molar-refractivity contribution in [3.63, 3.8) is 0 Å². The molecule has 0 fully saturated rings. The summed E-state index contributed by atoms with van der Waals surface area (Å²) in [4.78, 5) is 12.8. The summed E-state index contributed by atoms with van der Waals surface area (Å²) in [5.74, 6) is -0.131. The number of nitrogens with one attached hydrogen (secondary N) is 2. The second-order valence-corrected chi connectivity index (χ2v) is 5.74. The lowest BCUT2D eigenvalue weighted by Gasteiger charge is -2.24. The minimum Gasteiger partial charge on any atom is -0.467 e. The van der Waals surface area contributed by atoms with Crippen LogP contribution in [0.4, 0.5) is 13.2 Å². The van der Waals surface area contributed by atoms with Gasteiger partial charge in [0.15, 0.2) is 12.0 Å². The summed E-state index contributed by atoms with van der Waals surface area (Å²) in [6.07, 6.45) is -0.760. The number of alkyl halides is 3. The molecule has 0 saturated heterocycles. The average molecular weight is 338 g/mol. The molecule has 0 bridgehead atoms. The molecule has 2 aliphatic heterocycles. The van der Waals surface area contributed by atoms with Crippen molar-refractivity contribution in [2.45, 2.75) is 18.7 Å². The van der Waals surface area contributed by atoms with E-state index >= 15 is 0 Å². The van der Waals surface area contributed by atoms with Crippen molar-refractivity contribution in [2.75, 3.05) is 13.6 Å². The van der Waals surface area contributed by atoms with E-state index in [-0.39, 0.29) is 28.7 Å². The van der Waals surface area contributed by atoms with E-state index in [0.29, 0.717) is 13.0 Å². The molecule has 2 N–H and O–H groups in total. The van der Waals surface area contributed by atoms with Gasteiger partial charge in [0.05, 0.1) is 11.1 Å². The van der Waals surface area contributed by atoms with Gasteiger partial charge in [-0.2, -0.15) is 13.2 Å². The van der Waals surface area contributed by atoms with Crippen LogP contribution in [0.2, 0.25) is 0 Å². The number of ketones is 1. The van der Waals surface area contributed by atoms with Gasteiger partial charge in [-0.3, -0.25) is 4.79 Å². The van der Waals surface area contributed by atoms with E-state index in [4.69, 9.17) is 4.74 Å². The summed E-state index contributed by atoms with van der Waals surface area (Å²) >= 11 is 0. The molecule has 0 spiro atoms. The molecule has 2 unspecified atom stereocenters. The zero-order chi connectivity index (χ0) is 17.3. The number of halogens is 3. The number of ether oxygens (including phenoxy) is 1. The highest BCUT2D eigenvalue weighted by Gasteiger charge is 2.41. The standard InChI is InChI=1S/C17H17F3N2O2/c1-21-16-13(10-4-2-6-12(8-10)17(18,19)20)14(23)15(24-16)11-5-3-7-22-9-11/h2-4,6-8,11,15,21-22H,5,9H2,1H3. The van der Waals surface area contributed by atoms with Crippen molar-refractivity contribution in [1.29, 1.82) is 0 Å². The molecule has 0 saturated carbocycles. The topological polar surface area (TPSA) is 50.4 Å². The Morgan fingerprint density at radius 1 is 1.33 bits per heavy atom. The van der Waals surface area contributed by atoms with Gasteiger partial charge in [0.2, 0.25) is 5.78 Å². The third kappa shape index (κ3) is 2.98. The largest absolute Gasteiger partial charge is 0.467 e. The van der Waals surface area contributed by atoms with Gasteiger partial charge >= 0.3 is 6.18 Å². The SMILES string of the molecule is CNC1=C(c2cccc(C(F)(F)F)c2)C(=O)C(C2CC=CNC2)O1. The van der Waals surface area contributed by atoms with Gasteiger partial charge < -0.3 is 15.4 Å². The van der Waals surface area contributed by atoms with E-state index in [2.05, 4.69) is 10.6 Å². The highest BCUT2D eigenvalue weighted by molar-refractivity contribution is 6.25. The number of hydrogen-bond donors (Lipinski definition) is 2. The monoisotopic (exact) mass is 338 g/mol. The summed E-state index contributed by atoms with van der Waals surface area (Å²) in [6, 6.07) is 4.75. The molecule has 0 amide bonds. The number of rotatable bonds is 3. The molecular weight excluding hydrogens is 321 g/mol. The maximum Gasteiger partial charge on any atom is 0.416 e. The first-order valence-electron chi connectivity index (χ1n) is 7.60. The van der Waals surface area contributed by atoms with Crippen molar-refractivity contribution in [3.8, 4) is 0 Å². The van der Waals surface area contributed by atoms with E-state index < -0.39 is 17.8 Å². The lowest BCUT2D eigenvalue weighted by atomic mass is 9.90. The Morgan fingerprint density at radius 2 is 2.12 bits per heavy atom. The number of carbonyl (C=O) groups excluding carboxylic acids is 1. The Balaban J connectivity index is 1.94. The third-order valence-corrected chi connectivity index (χ3v) is 4.17. The van der Waals surface area contributed by atoms with Gasteiger partial charge in [0.25, 0.3) is 0 Å². The van der Waals surface area contributed by atoms with Crippen LogP contribution in [0.25, 0.3) is 5.57 Å². The van der Waals surface area contributed by atoms with Gasteiger partial charge in [0, 0.05) is 19.5 Å². The number of Topliss-reactive ketones (excluding diaryl/α,β-unsaturated/α-hetero) is 1. The van der Waals surface area contributed by atoms with Crippen LogP contribution in [0, 0.1) is 5.92 Å². The Morgan fingerprint density at radius 3 is 2.75 bits per heavy atom. The van der Waals surface area contributed by atoms with Crippen LogP contribution in [0.3, 0.4) is 0 Å².